The summed E-state index contributed by atoms with van der Waals surface area (Å²) in [4.78, 5) is 21.1. The first-order chi connectivity index (χ1) is 14.5. The van der Waals surface area contributed by atoms with E-state index in [9.17, 15) is 4.79 Å². The van der Waals surface area contributed by atoms with E-state index in [1.807, 2.05) is 24.4 Å². The summed E-state index contributed by atoms with van der Waals surface area (Å²) < 4.78 is 4.88. The van der Waals surface area contributed by atoms with Crippen LogP contribution in [0.5, 0.6) is 0 Å². The molecule has 1 aromatic heterocycles. The third kappa shape index (κ3) is 4.43. The van der Waals surface area contributed by atoms with Gasteiger partial charge in [-0.25, -0.2) is 0 Å². The molecule has 2 aromatic rings. The zero-order chi connectivity index (χ0) is 21.3. The first-order valence-electron chi connectivity index (χ1n) is 10.4. The number of hydrogen-bond acceptors (Lipinski definition) is 5. The fourth-order valence-corrected chi connectivity index (χ4v) is 5.01. The smallest absolute Gasteiger partial charge is 0.308 e. The third-order valence-electron chi connectivity index (χ3n) is 6.31. The first kappa shape index (κ1) is 21.4. The standard InChI is InChI=1S/C23H27Cl2N3O2/c1-15-10-21(18-13-28(14-18)22-19(24)4-3-5-20(22)25)26-11-17(15)12-27-8-6-16(7-9-27)23(29)30-2/h3-5,10-11,16,18H,6-9,12-14H2,1-2H3. The van der Waals surface area contributed by atoms with E-state index < -0.39 is 0 Å². The second kappa shape index (κ2) is 9.13. The quantitative estimate of drug-likeness (QED) is 0.622. The van der Waals surface area contributed by atoms with Crippen molar-refractivity contribution in [2.75, 3.05) is 38.2 Å². The van der Waals surface area contributed by atoms with Crippen LogP contribution in [-0.2, 0) is 16.1 Å². The summed E-state index contributed by atoms with van der Waals surface area (Å²) in [6.07, 6.45) is 3.74. The molecule has 2 aliphatic heterocycles. The van der Waals surface area contributed by atoms with Crippen LogP contribution < -0.4 is 4.90 Å². The molecule has 0 radical (unpaired) electrons. The van der Waals surface area contributed by atoms with Crippen LogP contribution in [0.25, 0.3) is 0 Å². The van der Waals surface area contributed by atoms with Gasteiger partial charge in [0.2, 0.25) is 0 Å². The molecule has 2 saturated heterocycles. The third-order valence-corrected chi connectivity index (χ3v) is 6.92. The molecule has 3 heterocycles. The Balaban J connectivity index is 1.34. The number of carbonyl (C=O) groups excluding carboxylic acids is 1. The van der Waals surface area contributed by atoms with Crippen LogP contribution in [0.1, 0.15) is 35.6 Å². The Hall–Kier alpha value is -1.82. The van der Waals surface area contributed by atoms with Crippen LogP contribution in [0.2, 0.25) is 10.0 Å². The molecule has 0 N–H and O–H groups in total. The first-order valence-corrected chi connectivity index (χ1v) is 11.2. The van der Waals surface area contributed by atoms with Crippen LogP contribution in [0.3, 0.4) is 0 Å². The van der Waals surface area contributed by atoms with Crippen molar-refractivity contribution in [1.82, 2.24) is 9.88 Å². The molecule has 0 atom stereocenters. The predicted octanol–water partition coefficient (Wildman–Crippen LogP) is 4.69. The van der Waals surface area contributed by atoms with E-state index in [1.165, 1.54) is 18.2 Å². The molecule has 0 saturated carbocycles. The number of aromatic nitrogens is 1. The van der Waals surface area contributed by atoms with Crippen molar-refractivity contribution in [1.29, 1.82) is 0 Å². The van der Waals surface area contributed by atoms with Crippen LogP contribution >= 0.6 is 23.2 Å². The number of aryl methyl sites for hydroxylation is 1. The minimum absolute atomic E-state index is 0.0426. The topological polar surface area (TPSA) is 45.7 Å². The van der Waals surface area contributed by atoms with Gasteiger partial charge in [0.1, 0.15) is 0 Å². The molecule has 5 nitrogen and oxygen atoms in total. The van der Waals surface area contributed by atoms with Gasteiger partial charge in [-0.05, 0) is 62.2 Å². The number of methoxy groups -OCH3 is 1. The molecule has 2 aliphatic rings. The molecule has 160 valence electrons. The Morgan fingerprint density at radius 1 is 1.20 bits per heavy atom. The molecule has 2 fully saturated rings. The Morgan fingerprint density at radius 2 is 1.87 bits per heavy atom. The van der Waals surface area contributed by atoms with E-state index >= 15 is 0 Å². The Morgan fingerprint density at radius 3 is 2.47 bits per heavy atom. The zero-order valence-corrected chi connectivity index (χ0v) is 18.9. The number of hydrogen-bond donors (Lipinski definition) is 0. The number of anilines is 1. The maximum Gasteiger partial charge on any atom is 0.308 e. The number of pyridine rings is 1. The molecular weight excluding hydrogens is 421 g/mol. The van der Waals surface area contributed by atoms with Gasteiger partial charge < -0.3 is 9.64 Å². The lowest BCUT2D eigenvalue weighted by molar-refractivity contribution is -0.147. The van der Waals surface area contributed by atoms with Gasteiger partial charge in [-0.1, -0.05) is 29.3 Å². The molecule has 7 heteroatoms. The van der Waals surface area contributed by atoms with Crippen molar-refractivity contribution in [3.8, 4) is 0 Å². The van der Waals surface area contributed by atoms with E-state index in [-0.39, 0.29) is 11.9 Å². The van der Waals surface area contributed by atoms with Crippen molar-refractivity contribution < 1.29 is 9.53 Å². The summed E-state index contributed by atoms with van der Waals surface area (Å²) in [7, 11) is 1.47. The summed E-state index contributed by atoms with van der Waals surface area (Å²) in [5.74, 6) is 0.353. The van der Waals surface area contributed by atoms with E-state index in [1.54, 1.807) is 0 Å². The van der Waals surface area contributed by atoms with E-state index in [0.29, 0.717) is 16.0 Å². The summed E-state index contributed by atoms with van der Waals surface area (Å²) in [6, 6.07) is 7.84. The summed E-state index contributed by atoms with van der Waals surface area (Å²) >= 11 is 12.7. The number of para-hydroxylation sites is 1. The monoisotopic (exact) mass is 447 g/mol. The Labute approximate surface area is 187 Å². The molecule has 0 unspecified atom stereocenters. The SMILES string of the molecule is COC(=O)C1CCN(Cc2cnc(C3CN(c4c(Cl)cccc4Cl)C3)cc2C)CC1. The molecule has 0 bridgehead atoms. The predicted molar refractivity (Wildman–Crippen MR) is 120 cm³/mol. The number of piperidine rings is 1. The van der Waals surface area contributed by atoms with Crippen LogP contribution in [0, 0.1) is 12.8 Å². The molecule has 0 amide bonds. The maximum absolute atomic E-state index is 11.7. The number of rotatable bonds is 5. The molecule has 1 aromatic carbocycles. The van der Waals surface area contributed by atoms with Gasteiger partial charge in [-0.2, -0.15) is 0 Å². The molecule has 30 heavy (non-hydrogen) atoms. The van der Waals surface area contributed by atoms with E-state index in [4.69, 9.17) is 32.9 Å². The van der Waals surface area contributed by atoms with Gasteiger partial charge in [0.25, 0.3) is 0 Å². The Kier molecular flexibility index (Phi) is 6.51. The van der Waals surface area contributed by atoms with Crippen molar-refractivity contribution in [3.63, 3.8) is 0 Å². The molecule has 4 rings (SSSR count). The van der Waals surface area contributed by atoms with Crippen LogP contribution in [0.4, 0.5) is 5.69 Å². The minimum Gasteiger partial charge on any atom is -0.469 e. The van der Waals surface area contributed by atoms with Gasteiger partial charge in [0.15, 0.2) is 0 Å². The van der Waals surface area contributed by atoms with E-state index in [2.05, 4.69) is 22.8 Å². The highest BCUT2D eigenvalue weighted by Crippen LogP contribution is 2.39. The zero-order valence-electron chi connectivity index (χ0n) is 17.4. The van der Waals surface area contributed by atoms with Gasteiger partial charge in [-0.15, -0.1) is 0 Å². The largest absolute Gasteiger partial charge is 0.469 e. The fraction of sp³-hybridized carbons (Fsp3) is 0.478. The average Bonchev–Trinajstić information content (AvgIpc) is 2.71. The summed E-state index contributed by atoms with van der Waals surface area (Å²) in [5.41, 5.74) is 4.56. The van der Waals surface area contributed by atoms with Crippen molar-refractivity contribution in [2.24, 2.45) is 5.92 Å². The van der Waals surface area contributed by atoms with Gasteiger partial charge in [-0.3, -0.25) is 14.7 Å². The van der Waals surface area contributed by atoms with Crippen molar-refractivity contribution >= 4 is 34.9 Å². The highest BCUT2D eigenvalue weighted by atomic mass is 35.5. The number of carbonyl (C=O) groups is 1. The number of halogens is 2. The van der Waals surface area contributed by atoms with Crippen molar-refractivity contribution in [2.45, 2.75) is 32.2 Å². The number of benzene rings is 1. The van der Waals surface area contributed by atoms with Crippen LogP contribution in [0.15, 0.2) is 30.5 Å². The van der Waals surface area contributed by atoms with Gasteiger partial charge in [0.05, 0.1) is 28.8 Å². The van der Waals surface area contributed by atoms with Gasteiger partial charge in [0, 0.05) is 37.4 Å². The minimum atomic E-state index is -0.0792. The number of ether oxygens (including phenoxy) is 1. The lowest BCUT2D eigenvalue weighted by Crippen LogP contribution is -2.45. The second-order valence-corrected chi connectivity index (χ2v) is 9.10. The number of esters is 1. The van der Waals surface area contributed by atoms with Gasteiger partial charge >= 0.3 is 5.97 Å². The van der Waals surface area contributed by atoms with E-state index in [0.717, 1.165) is 56.9 Å². The Bertz CT molecular complexity index is 902. The number of likely N-dealkylation sites (tertiary alicyclic amines) is 1. The lowest BCUT2D eigenvalue weighted by Gasteiger charge is -2.41. The summed E-state index contributed by atoms with van der Waals surface area (Å²) in [5, 5.41) is 1.38. The van der Waals surface area contributed by atoms with Crippen molar-refractivity contribution in [3.05, 3.63) is 57.3 Å². The summed E-state index contributed by atoms with van der Waals surface area (Å²) in [6.45, 7) is 6.60. The van der Waals surface area contributed by atoms with Crippen LogP contribution in [-0.4, -0.2) is 49.1 Å². The fourth-order valence-electron chi connectivity index (χ4n) is 4.37. The second-order valence-electron chi connectivity index (χ2n) is 8.28. The average molecular weight is 448 g/mol. The highest BCUT2D eigenvalue weighted by molar-refractivity contribution is 6.39. The normalized spacial score (nSPS) is 18.3. The maximum atomic E-state index is 11.7. The molecular formula is C23H27Cl2N3O2. The number of nitrogens with zero attached hydrogens (tertiary/aromatic N) is 3. The lowest BCUT2D eigenvalue weighted by atomic mass is 9.93. The molecule has 0 aliphatic carbocycles. The molecule has 0 spiro atoms. The highest BCUT2D eigenvalue weighted by Gasteiger charge is 2.32.